The van der Waals surface area contributed by atoms with Crippen molar-refractivity contribution < 1.29 is 4.79 Å². The molecule has 0 spiro atoms. The molecule has 0 bridgehead atoms. The highest BCUT2D eigenvalue weighted by Crippen LogP contribution is 2.36. The molecule has 1 aliphatic carbocycles. The molecule has 3 heterocycles. The van der Waals surface area contributed by atoms with E-state index in [9.17, 15) is 4.79 Å². The van der Waals surface area contributed by atoms with Gasteiger partial charge in [0.05, 0.1) is 11.0 Å². The molecule has 2 aliphatic heterocycles. The zero-order chi connectivity index (χ0) is 14.2. The van der Waals surface area contributed by atoms with Crippen molar-refractivity contribution in [2.24, 2.45) is 0 Å². The maximum absolute atomic E-state index is 11.6. The van der Waals surface area contributed by atoms with E-state index >= 15 is 0 Å². The summed E-state index contributed by atoms with van der Waals surface area (Å²) in [4.78, 5) is 22.1. The molecule has 1 aromatic heterocycles. The summed E-state index contributed by atoms with van der Waals surface area (Å²) in [6.07, 6.45) is 7.44. The van der Waals surface area contributed by atoms with Crippen LogP contribution in [0.3, 0.4) is 0 Å². The van der Waals surface area contributed by atoms with Crippen molar-refractivity contribution in [2.75, 3.05) is 26.2 Å². The van der Waals surface area contributed by atoms with Crippen molar-refractivity contribution in [2.45, 2.75) is 44.2 Å². The third-order valence-electron chi connectivity index (χ3n) is 4.97. The number of nitrogens with one attached hydrogen (secondary N) is 1. The molecule has 21 heavy (non-hydrogen) atoms. The quantitative estimate of drug-likeness (QED) is 0.929. The highest BCUT2D eigenvalue weighted by Gasteiger charge is 2.35. The molecule has 0 aromatic carbocycles. The maximum atomic E-state index is 11.6. The number of rotatable bonds is 3. The zero-order valence-electron chi connectivity index (χ0n) is 12.3. The largest absolute Gasteiger partial charge is 0.336 e. The van der Waals surface area contributed by atoms with E-state index in [1.807, 2.05) is 16.2 Å². The first-order chi connectivity index (χ1) is 10.3. The molecule has 4 rings (SSSR count). The van der Waals surface area contributed by atoms with Crippen LogP contribution >= 0.6 is 11.3 Å². The molecule has 2 amide bonds. The Morgan fingerprint density at radius 2 is 2.19 bits per heavy atom. The summed E-state index contributed by atoms with van der Waals surface area (Å²) in [5.74, 6) is 0.720. The summed E-state index contributed by atoms with van der Waals surface area (Å²) >= 11 is 1.90. The molecule has 114 valence electrons. The summed E-state index contributed by atoms with van der Waals surface area (Å²) in [6.45, 7) is 4.59. The Morgan fingerprint density at radius 3 is 3.05 bits per heavy atom. The highest BCUT2D eigenvalue weighted by atomic mass is 32.1. The number of amides is 2. The van der Waals surface area contributed by atoms with Gasteiger partial charge in [0.1, 0.15) is 0 Å². The second-order valence-corrected chi connectivity index (χ2v) is 7.56. The molecule has 1 aromatic rings. The topological polar surface area (TPSA) is 48.5 Å². The van der Waals surface area contributed by atoms with E-state index in [0.717, 1.165) is 38.6 Å². The maximum Gasteiger partial charge on any atom is 0.317 e. The number of carbonyl (C=O) groups is 1. The minimum absolute atomic E-state index is 0.112. The van der Waals surface area contributed by atoms with Crippen LogP contribution in [-0.2, 0) is 6.54 Å². The molecular weight excluding hydrogens is 284 g/mol. The summed E-state index contributed by atoms with van der Waals surface area (Å²) in [5, 5.41) is 4.28. The normalized spacial score (nSPS) is 27.1. The van der Waals surface area contributed by atoms with Crippen LogP contribution in [0.5, 0.6) is 0 Å². The summed E-state index contributed by atoms with van der Waals surface area (Å²) in [5.41, 5.74) is 0. The van der Waals surface area contributed by atoms with E-state index in [4.69, 9.17) is 0 Å². The molecule has 1 N–H and O–H groups in total. The van der Waals surface area contributed by atoms with Crippen LogP contribution in [0.2, 0.25) is 0 Å². The van der Waals surface area contributed by atoms with Crippen molar-refractivity contribution in [3.63, 3.8) is 0 Å². The Kier molecular flexibility index (Phi) is 3.59. The van der Waals surface area contributed by atoms with Crippen LogP contribution in [0, 0.1) is 0 Å². The Hall–Kier alpha value is -1.14. The number of thiazole rings is 1. The molecule has 1 unspecified atom stereocenters. The van der Waals surface area contributed by atoms with Crippen molar-refractivity contribution >= 4 is 17.4 Å². The lowest BCUT2D eigenvalue weighted by molar-refractivity contribution is 0.117. The van der Waals surface area contributed by atoms with Gasteiger partial charge in [0.25, 0.3) is 0 Å². The summed E-state index contributed by atoms with van der Waals surface area (Å²) in [7, 11) is 0. The minimum Gasteiger partial charge on any atom is -0.336 e. The molecule has 0 radical (unpaired) electrons. The molecule has 1 saturated carbocycles. The van der Waals surface area contributed by atoms with E-state index in [0.29, 0.717) is 6.04 Å². The number of urea groups is 1. The first-order valence-corrected chi connectivity index (χ1v) is 8.82. The third kappa shape index (κ3) is 2.66. The Bertz CT molecular complexity index is 525. The van der Waals surface area contributed by atoms with Gasteiger partial charge in [-0.15, -0.1) is 11.3 Å². The summed E-state index contributed by atoms with van der Waals surface area (Å²) < 4.78 is 0. The van der Waals surface area contributed by atoms with Crippen molar-refractivity contribution in [1.29, 1.82) is 0 Å². The standard InChI is InChI=1S/C15H22N4OS/c20-15-17-7-12-9-18(5-6-19(12)15)10-13-8-16-14(21-13)11-3-1-2-4-11/h8,11-12H,1-7,9-10H2,(H,17,20). The van der Waals surface area contributed by atoms with Gasteiger partial charge in [0.2, 0.25) is 0 Å². The fraction of sp³-hybridized carbons (Fsp3) is 0.733. The molecule has 1 atom stereocenters. The lowest BCUT2D eigenvalue weighted by Crippen LogP contribution is -2.51. The predicted octanol–water partition coefficient (Wildman–Crippen LogP) is 2.01. The number of aromatic nitrogens is 1. The Balaban J connectivity index is 1.37. The van der Waals surface area contributed by atoms with Crippen molar-refractivity contribution in [1.82, 2.24) is 20.1 Å². The number of piperazine rings is 1. The summed E-state index contributed by atoms with van der Waals surface area (Å²) in [6, 6.07) is 0.467. The molecule has 6 heteroatoms. The number of hydrogen-bond acceptors (Lipinski definition) is 4. The molecular formula is C15H22N4OS. The zero-order valence-corrected chi connectivity index (χ0v) is 13.1. The monoisotopic (exact) mass is 306 g/mol. The molecule has 3 aliphatic rings. The van der Waals surface area contributed by atoms with Gasteiger partial charge in [-0.1, -0.05) is 12.8 Å². The second kappa shape index (κ2) is 5.57. The number of hydrogen-bond donors (Lipinski definition) is 1. The molecule has 5 nitrogen and oxygen atoms in total. The SMILES string of the molecule is O=C1NCC2CN(Cc3cnc(C4CCCC4)s3)CCN12. The van der Waals surface area contributed by atoms with Gasteiger partial charge < -0.3 is 10.2 Å². The fourth-order valence-corrected chi connectivity index (χ4v) is 4.92. The lowest BCUT2D eigenvalue weighted by atomic mass is 10.1. The number of carbonyl (C=O) groups excluding carboxylic acids is 1. The molecule has 2 saturated heterocycles. The third-order valence-corrected chi connectivity index (χ3v) is 6.12. The van der Waals surface area contributed by atoms with E-state index < -0.39 is 0 Å². The van der Waals surface area contributed by atoms with Gasteiger partial charge in [-0.25, -0.2) is 9.78 Å². The lowest BCUT2D eigenvalue weighted by Gasteiger charge is -2.36. The average molecular weight is 306 g/mol. The van der Waals surface area contributed by atoms with Crippen molar-refractivity contribution in [3.05, 3.63) is 16.1 Å². The average Bonchev–Trinajstić information content (AvgIpc) is 3.20. The van der Waals surface area contributed by atoms with Gasteiger partial charge >= 0.3 is 6.03 Å². The molecule has 3 fully saturated rings. The Morgan fingerprint density at radius 1 is 1.33 bits per heavy atom. The van der Waals surface area contributed by atoms with Crippen LogP contribution in [0.15, 0.2) is 6.20 Å². The van der Waals surface area contributed by atoms with Crippen molar-refractivity contribution in [3.8, 4) is 0 Å². The van der Waals surface area contributed by atoms with Crippen LogP contribution in [0.4, 0.5) is 4.79 Å². The van der Waals surface area contributed by atoms with E-state index in [1.165, 1.54) is 35.6 Å². The van der Waals surface area contributed by atoms with Crippen LogP contribution in [0.25, 0.3) is 0 Å². The van der Waals surface area contributed by atoms with E-state index in [-0.39, 0.29) is 6.03 Å². The van der Waals surface area contributed by atoms with Gasteiger partial charge in [0.15, 0.2) is 0 Å². The van der Waals surface area contributed by atoms with Crippen LogP contribution < -0.4 is 5.32 Å². The first kappa shape index (κ1) is 13.5. The highest BCUT2D eigenvalue weighted by molar-refractivity contribution is 7.11. The smallest absolute Gasteiger partial charge is 0.317 e. The van der Waals surface area contributed by atoms with Gasteiger partial charge in [-0.3, -0.25) is 4.90 Å². The van der Waals surface area contributed by atoms with E-state index in [2.05, 4.69) is 21.4 Å². The first-order valence-electron chi connectivity index (χ1n) is 8.01. The van der Waals surface area contributed by atoms with Crippen LogP contribution in [0.1, 0.15) is 41.5 Å². The predicted molar refractivity (Wildman–Crippen MR) is 82.5 cm³/mol. The van der Waals surface area contributed by atoms with Gasteiger partial charge in [-0.05, 0) is 12.8 Å². The second-order valence-electron chi connectivity index (χ2n) is 6.41. The minimum atomic E-state index is 0.112. The van der Waals surface area contributed by atoms with Crippen LogP contribution in [-0.4, -0.2) is 53.0 Å². The Labute approximate surface area is 129 Å². The fourth-order valence-electron chi connectivity index (χ4n) is 3.79. The van der Waals surface area contributed by atoms with Gasteiger partial charge in [-0.2, -0.15) is 0 Å². The number of nitrogens with zero attached hydrogens (tertiary/aromatic N) is 3. The number of fused-ring (bicyclic) bond motifs is 1. The van der Waals surface area contributed by atoms with E-state index in [1.54, 1.807) is 0 Å². The van der Waals surface area contributed by atoms with Gasteiger partial charge in [0, 0.05) is 49.7 Å².